The van der Waals surface area contributed by atoms with Crippen molar-refractivity contribution < 1.29 is 4.39 Å². The van der Waals surface area contributed by atoms with Crippen molar-refractivity contribution in [3.8, 4) is 0 Å². The van der Waals surface area contributed by atoms with Gasteiger partial charge >= 0.3 is 0 Å². The topological polar surface area (TPSA) is 0 Å². The molecule has 0 heterocycles. The summed E-state index contributed by atoms with van der Waals surface area (Å²) in [6, 6.07) is 0. The SMILES string of the molecule is CCCCCC1CCC(C2CCC(C(C)F)CC2)CC1. The first-order valence-corrected chi connectivity index (χ1v) is 9.34. The van der Waals surface area contributed by atoms with Gasteiger partial charge in [-0.05, 0) is 69.1 Å². The molecule has 1 unspecified atom stereocenters. The summed E-state index contributed by atoms with van der Waals surface area (Å²) >= 11 is 0. The van der Waals surface area contributed by atoms with E-state index in [4.69, 9.17) is 0 Å². The summed E-state index contributed by atoms with van der Waals surface area (Å²) in [5.41, 5.74) is 0. The normalized spacial score (nSPS) is 36.8. The average Bonchev–Trinajstić information content (AvgIpc) is 2.48. The van der Waals surface area contributed by atoms with Gasteiger partial charge in [0.1, 0.15) is 6.17 Å². The molecule has 2 aliphatic rings. The Hall–Kier alpha value is -0.0700. The minimum absolute atomic E-state index is 0.372. The van der Waals surface area contributed by atoms with Crippen molar-refractivity contribution in [3.05, 3.63) is 0 Å². The second-order valence-corrected chi connectivity index (χ2v) is 7.63. The van der Waals surface area contributed by atoms with Gasteiger partial charge in [0.05, 0.1) is 0 Å². The van der Waals surface area contributed by atoms with Crippen LogP contribution in [0, 0.1) is 23.7 Å². The Morgan fingerprint density at radius 1 is 0.850 bits per heavy atom. The minimum Gasteiger partial charge on any atom is -0.247 e. The molecule has 0 aromatic rings. The van der Waals surface area contributed by atoms with Gasteiger partial charge in [0.2, 0.25) is 0 Å². The lowest BCUT2D eigenvalue weighted by molar-refractivity contribution is 0.112. The van der Waals surface area contributed by atoms with Gasteiger partial charge in [-0.15, -0.1) is 0 Å². The third-order valence-corrected chi connectivity index (χ3v) is 6.24. The maximum Gasteiger partial charge on any atom is 0.100 e. The number of hydrogen-bond acceptors (Lipinski definition) is 0. The van der Waals surface area contributed by atoms with Gasteiger partial charge in [0.25, 0.3) is 0 Å². The van der Waals surface area contributed by atoms with Crippen molar-refractivity contribution >= 4 is 0 Å². The fourth-order valence-corrected chi connectivity index (χ4v) is 4.71. The van der Waals surface area contributed by atoms with Crippen LogP contribution in [0.2, 0.25) is 0 Å². The number of hydrogen-bond donors (Lipinski definition) is 0. The summed E-state index contributed by atoms with van der Waals surface area (Å²) in [6.07, 6.45) is 15.9. The second-order valence-electron chi connectivity index (χ2n) is 7.63. The zero-order chi connectivity index (χ0) is 14.4. The molecule has 0 aliphatic heterocycles. The lowest BCUT2D eigenvalue weighted by atomic mass is 9.68. The molecule has 0 amide bonds. The standard InChI is InChI=1S/C19H35F/c1-3-4-5-6-16-7-9-18(10-8-16)19-13-11-17(12-14-19)15(2)20/h15-19H,3-14H2,1-2H3. The van der Waals surface area contributed by atoms with E-state index in [9.17, 15) is 4.39 Å². The van der Waals surface area contributed by atoms with Crippen molar-refractivity contribution in [3.63, 3.8) is 0 Å². The number of halogens is 1. The molecule has 1 heteroatoms. The van der Waals surface area contributed by atoms with Crippen molar-refractivity contribution in [2.75, 3.05) is 0 Å². The molecule has 2 rings (SSSR count). The molecule has 1 atom stereocenters. The summed E-state index contributed by atoms with van der Waals surface area (Å²) in [4.78, 5) is 0. The highest BCUT2D eigenvalue weighted by Crippen LogP contribution is 2.43. The first-order chi connectivity index (χ1) is 9.70. The molecular weight excluding hydrogens is 247 g/mol. The van der Waals surface area contributed by atoms with Gasteiger partial charge in [0, 0.05) is 0 Å². The van der Waals surface area contributed by atoms with E-state index in [1.807, 2.05) is 0 Å². The molecule has 2 saturated carbocycles. The van der Waals surface area contributed by atoms with Crippen LogP contribution in [-0.2, 0) is 0 Å². The Bertz CT molecular complexity index is 244. The Morgan fingerprint density at radius 2 is 1.40 bits per heavy atom. The van der Waals surface area contributed by atoms with Crippen LogP contribution in [0.25, 0.3) is 0 Å². The maximum atomic E-state index is 13.4. The fourth-order valence-electron chi connectivity index (χ4n) is 4.71. The van der Waals surface area contributed by atoms with Crippen LogP contribution in [0.4, 0.5) is 4.39 Å². The molecule has 2 aliphatic carbocycles. The van der Waals surface area contributed by atoms with Gasteiger partial charge in [-0.3, -0.25) is 0 Å². The Kier molecular flexibility index (Phi) is 6.84. The lowest BCUT2D eigenvalue weighted by Gasteiger charge is -2.38. The third kappa shape index (κ3) is 4.74. The van der Waals surface area contributed by atoms with E-state index in [2.05, 4.69) is 6.92 Å². The number of unbranched alkanes of at least 4 members (excludes halogenated alkanes) is 2. The van der Waals surface area contributed by atoms with E-state index in [1.54, 1.807) is 6.92 Å². The molecule has 0 nitrogen and oxygen atoms in total. The van der Waals surface area contributed by atoms with Crippen molar-refractivity contribution in [2.24, 2.45) is 23.7 Å². The average molecular weight is 282 g/mol. The van der Waals surface area contributed by atoms with Crippen LogP contribution in [0.1, 0.15) is 90.9 Å². The molecule has 0 aromatic carbocycles. The first kappa shape index (κ1) is 16.3. The Labute approximate surface area is 125 Å². The van der Waals surface area contributed by atoms with Crippen LogP contribution in [0.15, 0.2) is 0 Å². The highest BCUT2D eigenvalue weighted by Gasteiger charge is 2.32. The number of rotatable bonds is 6. The Balaban J connectivity index is 1.64. The van der Waals surface area contributed by atoms with Crippen LogP contribution < -0.4 is 0 Å². The van der Waals surface area contributed by atoms with Gasteiger partial charge in [-0.25, -0.2) is 4.39 Å². The quantitative estimate of drug-likeness (QED) is 0.485. The molecular formula is C19H35F. The van der Waals surface area contributed by atoms with E-state index < -0.39 is 6.17 Å². The summed E-state index contributed by atoms with van der Waals surface area (Å²) in [5.74, 6) is 3.31. The highest BCUT2D eigenvalue weighted by atomic mass is 19.1. The highest BCUT2D eigenvalue weighted by molar-refractivity contribution is 4.83. The molecule has 0 radical (unpaired) electrons. The van der Waals surface area contributed by atoms with E-state index in [0.717, 1.165) is 30.6 Å². The van der Waals surface area contributed by atoms with Crippen molar-refractivity contribution in [2.45, 2.75) is 97.1 Å². The second kappa shape index (κ2) is 8.39. The fraction of sp³-hybridized carbons (Fsp3) is 1.00. The molecule has 20 heavy (non-hydrogen) atoms. The van der Waals surface area contributed by atoms with Crippen LogP contribution in [0.5, 0.6) is 0 Å². The lowest BCUT2D eigenvalue weighted by Crippen LogP contribution is -2.28. The molecule has 118 valence electrons. The molecule has 0 bridgehead atoms. The van der Waals surface area contributed by atoms with Crippen molar-refractivity contribution in [1.82, 2.24) is 0 Å². The summed E-state index contributed by atoms with van der Waals surface area (Å²) in [6.45, 7) is 4.05. The first-order valence-electron chi connectivity index (χ1n) is 9.34. The smallest absolute Gasteiger partial charge is 0.100 e. The van der Waals surface area contributed by atoms with Crippen LogP contribution in [-0.4, -0.2) is 6.17 Å². The van der Waals surface area contributed by atoms with Gasteiger partial charge in [0.15, 0.2) is 0 Å². The number of alkyl halides is 1. The summed E-state index contributed by atoms with van der Waals surface area (Å²) < 4.78 is 13.4. The van der Waals surface area contributed by atoms with E-state index in [0.29, 0.717) is 5.92 Å². The predicted molar refractivity (Wildman–Crippen MR) is 85.6 cm³/mol. The summed E-state index contributed by atoms with van der Waals surface area (Å²) in [5, 5.41) is 0. The molecule has 2 fully saturated rings. The van der Waals surface area contributed by atoms with E-state index in [-0.39, 0.29) is 0 Å². The van der Waals surface area contributed by atoms with Crippen LogP contribution in [0.3, 0.4) is 0 Å². The van der Waals surface area contributed by atoms with E-state index in [1.165, 1.54) is 64.2 Å². The van der Waals surface area contributed by atoms with E-state index >= 15 is 0 Å². The molecule has 0 N–H and O–H groups in total. The van der Waals surface area contributed by atoms with Gasteiger partial charge in [-0.2, -0.15) is 0 Å². The Morgan fingerprint density at radius 3 is 1.90 bits per heavy atom. The van der Waals surface area contributed by atoms with Crippen molar-refractivity contribution in [1.29, 1.82) is 0 Å². The monoisotopic (exact) mass is 282 g/mol. The predicted octanol–water partition coefficient (Wildman–Crippen LogP) is 6.54. The van der Waals surface area contributed by atoms with Gasteiger partial charge < -0.3 is 0 Å². The van der Waals surface area contributed by atoms with Gasteiger partial charge in [-0.1, -0.05) is 45.4 Å². The maximum absolute atomic E-state index is 13.4. The molecule has 0 spiro atoms. The molecule has 0 saturated heterocycles. The minimum atomic E-state index is -0.578. The third-order valence-electron chi connectivity index (χ3n) is 6.24. The largest absolute Gasteiger partial charge is 0.247 e. The van der Waals surface area contributed by atoms with Crippen LogP contribution >= 0.6 is 0 Å². The zero-order valence-corrected chi connectivity index (χ0v) is 13.7. The molecule has 0 aromatic heterocycles. The summed E-state index contributed by atoms with van der Waals surface area (Å²) in [7, 11) is 0. The zero-order valence-electron chi connectivity index (χ0n) is 13.7.